The van der Waals surface area contributed by atoms with Crippen LogP contribution in [0, 0.1) is 18.3 Å². The Morgan fingerprint density at radius 2 is 1.80 bits per heavy atom. The lowest BCUT2D eigenvalue weighted by molar-refractivity contribution is -0.157. The lowest BCUT2D eigenvalue weighted by Crippen LogP contribution is -2.61. The first-order valence-corrected chi connectivity index (χ1v) is 14.3. The normalized spacial score (nSPS) is 26.1. The molecule has 3 N–H and O–H groups in total. The zero-order chi connectivity index (χ0) is 30.1. The Morgan fingerprint density at radius 3 is 2.51 bits per heavy atom. The van der Waals surface area contributed by atoms with Crippen molar-refractivity contribution in [3.05, 3.63) is 47.2 Å². The van der Waals surface area contributed by atoms with Crippen molar-refractivity contribution in [2.75, 3.05) is 6.54 Å². The molecule has 1 fully saturated rings. The van der Waals surface area contributed by atoms with Gasteiger partial charge >= 0.3 is 5.97 Å². The van der Waals surface area contributed by atoms with Crippen LogP contribution in [0.5, 0.6) is 0 Å². The molecular weight excluding hydrogens is 522 g/mol. The van der Waals surface area contributed by atoms with Gasteiger partial charge in [-0.25, -0.2) is 10.4 Å². The van der Waals surface area contributed by atoms with Gasteiger partial charge in [0.25, 0.3) is 5.91 Å². The topological polar surface area (TPSA) is 130 Å². The summed E-state index contributed by atoms with van der Waals surface area (Å²) in [6.07, 6.45) is 4.15. The van der Waals surface area contributed by atoms with Gasteiger partial charge in [-0.2, -0.15) is 0 Å². The van der Waals surface area contributed by atoms with E-state index < -0.39 is 41.5 Å². The number of aryl methyl sites for hydroxylation is 1. The molecule has 3 amide bonds. The van der Waals surface area contributed by atoms with Crippen molar-refractivity contribution in [2.24, 2.45) is 11.3 Å². The molecule has 2 aliphatic heterocycles. The van der Waals surface area contributed by atoms with E-state index in [2.05, 4.69) is 16.1 Å². The van der Waals surface area contributed by atoms with Crippen LogP contribution in [0.15, 0.2) is 30.3 Å². The number of carbonyl (C=O) groups excluding carboxylic acids is 4. The van der Waals surface area contributed by atoms with E-state index >= 15 is 0 Å². The monoisotopic (exact) mass is 563 g/mol. The minimum Gasteiger partial charge on any atom is -0.455 e. The molecular formula is C31H41N5O5. The highest BCUT2D eigenvalue weighted by Crippen LogP contribution is 2.27. The van der Waals surface area contributed by atoms with Crippen molar-refractivity contribution in [1.82, 2.24) is 26.1 Å². The van der Waals surface area contributed by atoms with Gasteiger partial charge in [0.15, 0.2) is 0 Å². The van der Waals surface area contributed by atoms with Crippen LogP contribution in [0.25, 0.3) is 17.0 Å². The third kappa shape index (κ3) is 6.75. The number of cyclic esters (lactones) is 1. The second-order valence-electron chi connectivity index (χ2n) is 12.0. The number of hydrazine groups is 1. The van der Waals surface area contributed by atoms with Crippen LogP contribution in [0.1, 0.15) is 77.3 Å². The van der Waals surface area contributed by atoms with Crippen molar-refractivity contribution in [2.45, 2.75) is 85.5 Å². The van der Waals surface area contributed by atoms with Crippen molar-refractivity contribution >= 4 is 40.7 Å². The molecule has 1 aromatic carbocycles. The molecule has 0 radical (unpaired) electrons. The standard InChI is InChI=1S/C31H41N5O5/c1-17(2)25-27(37)32-19(4)28(38)36-14-8-9-23(35-36)29(39)41-20(5)26-18(3)15-22-11-10-21(16-24(22)33-26)12-13-31(6,7)30(40)34-25/h10-13,15-17,19-20,23,25,35H,8-9,14H2,1-7H3,(H,32,37)(H,34,40)/t19-,20+,23-,25?/m0/s1. The third-order valence-electron chi connectivity index (χ3n) is 7.73. The number of rotatable bonds is 1. The van der Waals surface area contributed by atoms with Gasteiger partial charge < -0.3 is 15.4 Å². The Balaban J connectivity index is 1.73. The number of hydrogen-bond acceptors (Lipinski definition) is 7. The predicted octanol–water partition coefficient (Wildman–Crippen LogP) is 3.34. The van der Waals surface area contributed by atoms with Gasteiger partial charge in [0.2, 0.25) is 11.8 Å². The Labute approximate surface area is 241 Å². The summed E-state index contributed by atoms with van der Waals surface area (Å²) < 4.78 is 5.83. The van der Waals surface area contributed by atoms with Crippen LogP contribution in [0.2, 0.25) is 0 Å². The molecule has 10 heteroatoms. The molecule has 10 nitrogen and oxygen atoms in total. The first-order chi connectivity index (χ1) is 19.3. The number of ether oxygens (including phenoxy) is 1. The van der Waals surface area contributed by atoms with Crippen LogP contribution in [0.4, 0.5) is 0 Å². The van der Waals surface area contributed by atoms with Crippen LogP contribution >= 0.6 is 0 Å². The SMILES string of the molecule is Cc1cc2ccc3cc2nc1[C@@H](C)OC(=O)[C@@H]1CCCN(N1)C(=O)[C@H](C)NC(=O)C(C(C)C)NC(=O)C(C)(C)C=C3. The van der Waals surface area contributed by atoms with Gasteiger partial charge in [-0.05, 0) is 76.6 Å². The van der Waals surface area contributed by atoms with E-state index in [0.717, 1.165) is 22.0 Å². The number of fused-ring (bicyclic) bond motifs is 4. The first kappa shape index (κ1) is 30.2. The van der Waals surface area contributed by atoms with Crippen molar-refractivity contribution < 1.29 is 23.9 Å². The summed E-state index contributed by atoms with van der Waals surface area (Å²) in [5.41, 5.74) is 5.20. The summed E-state index contributed by atoms with van der Waals surface area (Å²) >= 11 is 0. The van der Waals surface area contributed by atoms with Crippen LogP contribution < -0.4 is 16.1 Å². The summed E-state index contributed by atoms with van der Waals surface area (Å²) in [6.45, 7) is 12.9. The smallest absolute Gasteiger partial charge is 0.325 e. The summed E-state index contributed by atoms with van der Waals surface area (Å²) in [4.78, 5) is 57.8. The Morgan fingerprint density at radius 1 is 1.07 bits per heavy atom. The number of amides is 3. The van der Waals surface area contributed by atoms with E-state index in [1.54, 1.807) is 33.8 Å². The fourth-order valence-corrected chi connectivity index (χ4v) is 5.09. The highest BCUT2D eigenvalue weighted by molar-refractivity contribution is 5.94. The molecule has 2 aliphatic rings. The number of carbonyl (C=O) groups is 4. The van der Waals surface area contributed by atoms with Gasteiger partial charge in [0.1, 0.15) is 24.2 Å². The van der Waals surface area contributed by atoms with E-state index in [1.807, 2.05) is 51.1 Å². The molecule has 2 aromatic rings. The number of benzene rings is 1. The second-order valence-corrected chi connectivity index (χ2v) is 12.0. The first-order valence-electron chi connectivity index (χ1n) is 14.3. The molecule has 41 heavy (non-hydrogen) atoms. The number of pyridine rings is 1. The molecule has 1 aromatic heterocycles. The Kier molecular flexibility index (Phi) is 8.82. The van der Waals surface area contributed by atoms with Crippen molar-refractivity contribution in [3.8, 4) is 0 Å². The van der Waals surface area contributed by atoms with Crippen molar-refractivity contribution in [1.29, 1.82) is 0 Å². The molecule has 4 rings (SSSR count). The number of hydrogen-bond donors (Lipinski definition) is 3. The predicted molar refractivity (Wildman–Crippen MR) is 156 cm³/mol. The van der Waals surface area contributed by atoms with Crippen LogP contribution in [0.3, 0.4) is 0 Å². The molecule has 220 valence electrons. The number of nitrogens with one attached hydrogen (secondary N) is 3. The van der Waals surface area contributed by atoms with E-state index in [0.29, 0.717) is 25.1 Å². The molecule has 1 saturated heterocycles. The largest absolute Gasteiger partial charge is 0.455 e. The fourth-order valence-electron chi connectivity index (χ4n) is 5.09. The molecule has 0 saturated carbocycles. The zero-order valence-electron chi connectivity index (χ0n) is 24.9. The van der Waals surface area contributed by atoms with Gasteiger partial charge in [0.05, 0.1) is 16.6 Å². The summed E-state index contributed by atoms with van der Waals surface area (Å²) in [7, 11) is 0. The maximum atomic E-state index is 13.3. The van der Waals surface area contributed by atoms with Gasteiger partial charge in [0, 0.05) is 11.9 Å². The van der Waals surface area contributed by atoms with Gasteiger partial charge in [-0.1, -0.05) is 38.1 Å². The average Bonchev–Trinajstić information content (AvgIpc) is 2.93. The lowest BCUT2D eigenvalue weighted by atomic mass is 9.89. The van der Waals surface area contributed by atoms with E-state index in [1.165, 1.54) is 5.01 Å². The minimum atomic E-state index is -0.927. The van der Waals surface area contributed by atoms with E-state index in [4.69, 9.17) is 9.72 Å². The average molecular weight is 564 g/mol. The Bertz CT molecular complexity index is 1380. The van der Waals surface area contributed by atoms with Crippen LogP contribution in [-0.2, 0) is 23.9 Å². The quantitative estimate of drug-likeness (QED) is 0.454. The highest BCUT2D eigenvalue weighted by atomic mass is 16.5. The number of nitrogens with zero attached hydrogens (tertiary/aromatic N) is 2. The molecule has 0 aliphatic carbocycles. The third-order valence-corrected chi connectivity index (χ3v) is 7.73. The van der Waals surface area contributed by atoms with Gasteiger partial charge in [-0.15, -0.1) is 0 Å². The Hall–Kier alpha value is -3.79. The van der Waals surface area contributed by atoms with E-state index in [-0.39, 0.29) is 17.7 Å². The van der Waals surface area contributed by atoms with Crippen LogP contribution in [-0.4, -0.2) is 58.4 Å². The maximum Gasteiger partial charge on any atom is 0.325 e. The maximum absolute atomic E-state index is 13.3. The number of esters is 1. The highest BCUT2D eigenvalue weighted by Gasteiger charge is 2.35. The molecule has 5 bridgehead atoms. The van der Waals surface area contributed by atoms with E-state index in [9.17, 15) is 19.2 Å². The number of aromatic nitrogens is 1. The molecule has 3 heterocycles. The van der Waals surface area contributed by atoms with Gasteiger partial charge in [-0.3, -0.25) is 24.2 Å². The summed E-state index contributed by atoms with van der Waals surface area (Å²) in [5, 5.41) is 7.94. The zero-order valence-corrected chi connectivity index (χ0v) is 24.9. The summed E-state index contributed by atoms with van der Waals surface area (Å²) in [5.74, 6) is -1.84. The molecule has 1 unspecified atom stereocenters. The fraction of sp³-hybridized carbons (Fsp3) is 0.516. The minimum absolute atomic E-state index is 0.221. The second kappa shape index (κ2) is 12.0. The lowest BCUT2D eigenvalue weighted by Gasteiger charge is -2.35. The molecule has 4 atom stereocenters. The molecule has 0 spiro atoms. The summed E-state index contributed by atoms with van der Waals surface area (Å²) in [6, 6.07) is 5.43. The van der Waals surface area contributed by atoms with Crippen molar-refractivity contribution in [3.63, 3.8) is 0 Å².